The van der Waals surface area contributed by atoms with Crippen LogP contribution in [0, 0.1) is 0 Å². The van der Waals surface area contributed by atoms with Gasteiger partial charge in [-0.15, -0.1) is 0 Å². The molecule has 0 bridgehead atoms. The summed E-state index contributed by atoms with van der Waals surface area (Å²) in [5.74, 6) is 0. The van der Waals surface area contributed by atoms with E-state index < -0.39 is 8.07 Å². The first-order valence-corrected chi connectivity index (χ1v) is 19.3. The zero-order valence-corrected chi connectivity index (χ0v) is 31.6. The van der Waals surface area contributed by atoms with Gasteiger partial charge < -0.3 is 19.6 Å². The van der Waals surface area contributed by atoms with Gasteiger partial charge >= 0.3 is 0 Å². The van der Waals surface area contributed by atoms with Gasteiger partial charge in [0.25, 0.3) is 0 Å². The molecule has 0 radical (unpaired) electrons. The fraction of sp³-hybridized carbons (Fsp3) is 0.333. The minimum atomic E-state index is -1.64. The number of hydrogen-bond donors (Lipinski definition) is 0. The number of halogens is 2. The lowest BCUT2D eigenvalue weighted by molar-refractivity contribution is 1.10. The summed E-state index contributed by atoms with van der Waals surface area (Å²) in [6.45, 7) is 4.98. The van der Waals surface area contributed by atoms with E-state index in [2.05, 4.69) is 194 Å². The summed E-state index contributed by atoms with van der Waals surface area (Å²) in [6.07, 6.45) is 1.98. The van der Waals surface area contributed by atoms with Crippen molar-refractivity contribution in [3.8, 4) is 0 Å². The van der Waals surface area contributed by atoms with Crippen LogP contribution < -0.4 is 30.0 Å². The summed E-state index contributed by atoms with van der Waals surface area (Å²) in [6, 6.07) is 27.0. The first kappa shape index (κ1) is 33.2. The van der Waals surface area contributed by atoms with Crippen LogP contribution in [-0.2, 0) is 12.8 Å². The second-order valence-corrected chi connectivity index (χ2v) is 18.8. The standard InChI is InChI=1S/C19H26N2Si.C17H20Br2N2/c1-20(2)16-9-7-14-11-15-8-10-17(21(3)4)13-19(15)22(5,6)18(14)12-16;1-20(2)14-7-5-12(16(18)10-14)9-13-6-8-15(21(3)4)11-17(13)19/h7-10,12-13H,11H2,1-6H3;5-8,10-11H,9H2,1-4H3. The zero-order chi connectivity index (χ0) is 31.6. The maximum atomic E-state index is 3.68. The number of fused-ring (bicyclic) bond motifs is 2. The van der Waals surface area contributed by atoms with Crippen LogP contribution in [0.1, 0.15) is 22.3 Å². The highest BCUT2D eigenvalue weighted by molar-refractivity contribution is 9.10. The summed E-state index contributed by atoms with van der Waals surface area (Å²) in [5, 5.41) is 3.20. The molecule has 0 atom stereocenters. The molecule has 0 saturated carbocycles. The molecule has 0 aliphatic carbocycles. The van der Waals surface area contributed by atoms with E-state index in [9.17, 15) is 0 Å². The molecule has 0 amide bonds. The smallest absolute Gasteiger partial charge is 0.113 e. The molecule has 1 heterocycles. The van der Waals surface area contributed by atoms with E-state index in [1.807, 2.05) is 0 Å². The molecule has 1 aliphatic rings. The van der Waals surface area contributed by atoms with Gasteiger partial charge in [0.2, 0.25) is 0 Å². The minimum Gasteiger partial charge on any atom is -0.378 e. The third-order valence-electron chi connectivity index (χ3n) is 8.43. The average molecular weight is 723 g/mol. The molecule has 0 saturated heterocycles. The number of benzene rings is 4. The summed E-state index contributed by atoms with van der Waals surface area (Å²) in [5.41, 5.74) is 10.6. The van der Waals surface area contributed by atoms with Crippen LogP contribution in [0.3, 0.4) is 0 Å². The molecule has 0 unspecified atom stereocenters. The van der Waals surface area contributed by atoms with E-state index in [0.717, 1.165) is 21.8 Å². The molecule has 228 valence electrons. The molecule has 0 aromatic heterocycles. The van der Waals surface area contributed by atoms with Crippen molar-refractivity contribution in [3.05, 3.63) is 104 Å². The summed E-state index contributed by atoms with van der Waals surface area (Å²) in [4.78, 5) is 8.62. The predicted octanol–water partition coefficient (Wildman–Crippen LogP) is 7.48. The Balaban J connectivity index is 0.000000197. The molecule has 4 aromatic rings. The topological polar surface area (TPSA) is 13.0 Å². The van der Waals surface area contributed by atoms with E-state index in [1.165, 1.54) is 45.0 Å². The van der Waals surface area contributed by atoms with Crippen molar-refractivity contribution in [1.29, 1.82) is 0 Å². The summed E-state index contributed by atoms with van der Waals surface area (Å²) in [7, 11) is 15.1. The second kappa shape index (κ2) is 13.5. The second-order valence-electron chi connectivity index (χ2n) is 12.8. The van der Waals surface area contributed by atoms with Crippen molar-refractivity contribution in [2.24, 2.45) is 0 Å². The van der Waals surface area contributed by atoms with Gasteiger partial charge in [-0.1, -0.05) is 69.2 Å². The summed E-state index contributed by atoms with van der Waals surface area (Å²) >= 11 is 7.37. The first-order chi connectivity index (χ1) is 20.2. The predicted molar refractivity (Wildman–Crippen MR) is 201 cm³/mol. The van der Waals surface area contributed by atoms with Crippen LogP contribution in [0.25, 0.3) is 0 Å². The van der Waals surface area contributed by atoms with Crippen LogP contribution in [-0.4, -0.2) is 64.5 Å². The molecule has 0 N–H and O–H groups in total. The Hall–Kier alpha value is -2.74. The first-order valence-electron chi connectivity index (χ1n) is 14.7. The van der Waals surface area contributed by atoms with Gasteiger partial charge in [-0.25, -0.2) is 0 Å². The van der Waals surface area contributed by atoms with Gasteiger partial charge in [0.15, 0.2) is 0 Å². The lowest BCUT2D eigenvalue weighted by Gasteiger charge is -2.35. The Labute approximate surface area is 277 Å². The number of anilines is 4. The number of nitrogens with zero attached hydrogens (tertiary/aromatic N) is 4. The molecule has 4 nitrogen and oxygen atoms in total. The van der Waals surface area contributed by atoms with Crippen molar-refractivity contribution < 1.29 is 0 Å². The van der Waals surface area contributed by atoms with Crippen LogP contribution >= 0.6 is 31.9 Å². The Kier molecular flexibility index (Phi) is 10.4. The fourth-order valence-electron chi connectivity index (χ4n) is 5.63. The van der Waals surface area contributed by atoms with E-state index in [0.29, 0.717) is 0 Å². The van der Waals surface area contributed by atoms with Gasteiger partial charge in [0, 0.05) is 88.1 Å². The maximum absolute atomic E-state index is 3.68. The van der Waals surface area contributed by atoms with Gasteiger partial charge in [-0.05, 0) is 94.0 Å². The highest BCUT2D eigenvalue weighted by Crippen LogP contribution is 2.30. The van der Waals surface area contributed by atoms with Crippen LogP contribution in [0.2, 0.25) is 13.1 Å². The van der Waals surface area contributed by atoms with E-state index >= 15 is 0 Å². The van der Waals surface area contributed by atoms with Gasteiger partial charge in [-0.2, -0.15) is 0 Å². The van der Waals surface area contributed by atoms with Crippen molar-refractivity contribution in [2.45, 2.75) is 25.9 Å². The molecule has 0 spiro atoms. The molecule has 43 heavy (non-hydrogen) atoms. The molecule has 4 aromatic carbocycles. The Bertz CT molecular complexity index is 1480. The molecular weight excluding hydrogens is 676 g/mol. The van der Waals surface area contributed by atoms with Crippen LogP contribution in [0.5, 0.6) is 0 Å². The number of hydrogen-bond acceptors (Lipinski definition) is 4. The highest BCUT2D eigenvalue weighted by atomic mass is 79.9. The molecular formula is C36H46Br2N4Si. The van der Waals surface area contributed by atoms with Crippen molar-refractivity contribution in [1.82, 2.24) is 0 Å². The normalized spacial score (nSPS) is 12.8. The quantitative estimate of drug-likeness (QED) is 0.192. The van der Waals surface area contributed by atoms with Crippen LogP contribution in [0.4, 0.5) is 22.7 Å². The highest BCUT2D eigenvalue weighted by Gasteiger charge is 2.35. The third kappa shape index (κ3) is 7.50. The molecule has 1 aliphatic heterocycles. The lowest BCUT2D eigenvalue weighted by Crippen LogP contribution is -2.58. The monoisotopic (exact) mass is 720 g/mol. The SMILES string of the molecule is CN(C)c1ccc(Cc2ccc(N(C)C)cc2Br)c(Br)c1.CN(C)c1ccc2c(c1)[Si](C)(C)c1cc(N(C)C)ccc1C2. The van der Waals surface area contributed by atoms with Crippen molar-refractivity contribution >= 4 is 73.1 Å². The summed E-state index contributed by atoms with van der Waals surface area (Å²) < 4.78 is 2.30. The molecule has 5 rings (SSSR count). The lowest BCUT2D eigenvalue weighted by atomic mass is 10.0. The molecule has 7 heteroatoms. The number of rotatable bonds is 6. The fourth-order valence-corrected chi connectivity index (χ4v) is 9.90. The van der Waals surface area contributed by atoms with E-state index in [-0.39, 0.29) is 0 Å². The third-order valence-corrected chi connectivity index (χ3v) is 13.5. The Morgan fingerprint density at radius 3 is 1.16 bits per heavy atom. The zero-order valence-electron chi connectivity index (χ0n) is 27.4. The van der Waals surface area contributed by atoms with Gasteiger partial charge in [0.1, 0.15) is 8.07 Å². The van der Waals surface area contributed by atoms with Crippen LogP contribution in [0.15, 0.2) is 81.7 Å². The van der Waals surface area contributed by atoms with Gasteiger partial charge in [-0.3, -0.25) is 0 Å². The average Bonchev–Trinajstić information content (AvgIpc) is 2.94. The maximum Gasteiger partial charge on any atom is 0.113 e. The Morgan fingerprint density at radius 1 is 0.512 bits per heavy atom. The Morgan fingerprint density at radius 2 is 0.837 bits per heavy atom. The van der Waals surface area contributed by atoms with Gasteiger partial charge in [0.05, 0.1) is 0 Å². The minimum absolute atomic E-state index is 0.905. The van der Waals surface area contributed by atoms with E-state index in [1.54, 1.807) is 10.4 Å². The largest absolute Gasteiger partial charge is 0.378 e. The van der Waals surface area contributed by atoms with Crippen molar-refractivity contribution in [2.75, 3.05) is 76.0 Å². The van der Waals surface area contributed by atoms with Crippen molar-refractivity contribution in [3.63, 3.8) is 0 Å². The van der Waals surface area contributed by atoms with E-state index in [4.69, 9.17) is 0 Å². The molecule has 0 fully saturated rings.